The number of carbonyl (C=O) groups excluding carboxylic acids is 2. The molecule has 1 aromatic carbocycles. The van der Waals surface area contributed by atoms with Crippen molar-refractivity contribution in [2.45, 2.75) is 32.9 Å². The van der Waals surface area contributed by atoms with E-state index in [0.717, 1.165) is 0 Å². The van der Waals surface area contributed by atoms with Gasteiger partial charge in [0.1, 0.15) is 0 Å². The maximum atomic E-state index is 12.3. The molecule has 0 aliphatic rings. The molecule has 0 radical (unpaired) electrons. The van der Waals surface area contributed by atoms with Crippen LogP contribution >= 0.6 is 11.3 Å². The Kier molecular flexibility index (Phi) is 5.93. The number of amides is 2. The van der Waals surface area contributed by atoms with Gasteiger partial charge in [-0.1, -0.05) is 18.2 Å². The number of benzene rings is 1. The second-order valence-electron chi connectivity index (χ2n) is 5.72. The fourth-order valence-corrected chi connectivity index (χ4v) is 3.19. The van der Waals surface area contributed by atoms with Crippen LogP contribution < -0.4 is 5.32 Å². The van der Waals surface area contributed by atoms with Crippen LogP contribution in [0.5, 0.6) is 0 Å². The number of nitrogens with one attached hydrogen (secondary N) is 1. The minimum atomic E-state index is -0.206. The Bertz CT molecular complexity index is 667. The lowest BCUT2D eigenvalue weighted by molar-refractivity contribution is -0.130. The quantitative estimate of drug-likeness (QED) is 0.884. The van der Waals surface area contributed by atoms with Crippen molar-refractivity contribution in [3.05, 3.63) is 57.8 Å². The minimum Gasteiger partial charge on any atom is -0.349 e. The van der Waals surface area contributed by atoms with Gasteiger partial charge >= 0.3 is 0 Å². The predicted molar refractivity (Wildman–Crippen MR) is 93.5 cm³/mol. The Labute approximate surface area is 141 Å². The van der Waals surface area contributed by atoms with Gasteiger partial charge in [0, 0.05) is 30.0 Å². The summed E-state index contributed by atoms with van der Waals surface area (Å²) in [6, 6.07) is 10.9. The Morgan fingerprint density at radius 3 is 2.52 bits per heavy atom. The third-order valence-corrected chi connectivity index (χ3v) is 4.68. The van der Waals surface area contributed by atoms with Gasteiger partial charge < -0.3 is 10.2 Å². The first kappa shape index (κ1) is 17.2. The molecule has 0 bridgehead atoms. The van der Waals surface area contributed by atoms with E-state index in [1.807, 2.05) is 37.4 Å². The van der Waals surface area contributed by atoms with Gasteiger partial charge in [-0.3, -0.25) is 9.59 Å². The van der Waals surface area contributed by atoms with Crippen LogP contribution in [0.1, 0.15) is 34.1 Å². The molecule has 0 aliphatic carbocycles. The minimum absolute atomic E-state index is 0.0265. The van der Waals surface area contributed by atoms with Crippen LogP contribution in [0.2, 0.25) is 0 Å². The highest BCUT2D eigenvalue weighted by molar-refractivity contribution is 7.10. The van der Waals surface area contributed by atoms with Gasteiger partial charge in [-0.05, 0) is 43.0 Å². The number of nitrogens with zero attached hydrogens (tertiary/aromatic N) is 1. The van der Waals surface area contributed by atoms with Crippen LogP contribution in [0.4, 0.5) is 0 Å². The van der Waals surface area contributed by atoms with Gasteiger partial charge in [0.05, 0.1) is 6.54 Å². The lowest BCUT2D eigenvalue weighted by atomic mass is 10.1. The van der Waals surface area contributed by atoms with Gasteiger partial charge in [0.25, 0.3) is 5.91 Å². The number of aryl methyl sites for hydroxylation is 1. The molecule has 0 aliphatic heterocycles. The largest absolute Gasteiger partial charge is 0.349 e. The smallest absolute Gasteiger partial charge is 0.251 e. The van der Waals surface area contributed by atoms with E-state index >= 15 is 0 Å². The average molecular weight is 330 g/mol. The molecule has 0 saturated carbocycles. The van der Waals surface area contributed by atoms with E-state index in [-0.39, 0.29) is 17.9 Å². The first-order valence-corrected chi connectivity index (χ1v) is 8.48. The van der Waals surface area contributed by atoms with E-state index in [2.05, 4.69) is 11.4 Å². The van der Waals surface area contributed by atoms with Crippen molar-refractivity contribution in [1.29, 1.82) is 0 Å². The number of thiophene rings is 1. The van der Waals surface area contributed by atoms with Gasteiger partial charge in [-0.25, -0.2) is 0 Å². The predicted octanol–water partition coefficient (Wildman–Crippen LogP) is 3.22. The first-order chi connectivity index (χ1) is 11.0. The number of carbonyl (C=O) groups is 2. The fraction of sp³-hybridized carbons (Fsp3) is 0.333. The molecule has 2 amide bonds. The number of hydrogen-bond donors (Lipinski definition) is 1. The second-order valence-corrected chi connectivity index (χ2v) is 6.72. The third-order valence-electron chi connectivity index (χ3n) is 3.67. The maximum Gasteiger partial charge on any atom is 0.251 e. The standard InChI is InChI=1S/C18H22N2O2S/c1-13-9-10-23-16(13)12-20(3)17(21)11-14(2)19-18(22)15-7-5-4-6-8-15/h4-10,14H,11-12H2,1-3H3,(H,19,22). The topological polar surface area (TPSA) is 49.4 Å². The van der Waals surface area contributed by atoms with Crippen molar-refractivity contribution in [1.82, 2.24) is 10.2 Å². The van der Waals surface area contributed by atoms with Gasteiger partial charge in [-0.2, -0.15) is 0 Å². The SMILES string of the molecule is Cc1ccsc1CN(C)C(=O)CC(C)NC(=O)c1ccccc1. The molecule has 2 rings (SSSR count). The Morgan fingerprint density at radius 1 is 1.22 bits per heavy atom. The molecule has 1 unspecified atom stereocenters. The summed E-state index contributed by atoms with van der Waals surface area (Å²) in [5.74, 6) is -0.124. The molecule has 1 aromatic heterocycles. The summed E-state index contributed by atoms with van der Waals surface area (Å²) in [4.78, 5) is 27.3. The summed E-state index contributed by atoms with van der Waals surface area (Å²) >= 11 is 1.66. The summed E-state index contributed by atoms with van der Waals surface area (Å²) in [5.41, 5.74) is 1.81. The van der Waals surface area contributed by atoms with Crippen molar-refractivity contribution in [2.75, 3.05) is 7.05 Å². The summed E-state index contributed by atoms with van der Waals surface area (Å²) in [7, 11) is 1.80. The highest BCUT2D eigenvalue weighted by atomic mass is 32.1. The summed E-state index contributed by atoms with van der Waals surface area (Å²) in [6.07, 6.45) is 0.291. The van der Waals surface area contributed by atoms with Crippen LogP contribution in [0.3, 0.4) is 0 Å². The first-order valence-electron chi connectivity index (χ1n) is 7.60. The van der Waals surface area contributed by atoms with Crippen molar-refractivity contribution in [3.8, 4) is 0 Å². The second kappa shape index (κ2) is 7.92. The van der Waals surface area contributed by atoms with Crippen molar-refractivity contribution < 1.29 is 9.59 Å². The van der Waals surface area contributed by atoms with Gasteiger partial charge in [0.2, 0.25) is 5.91 Å². The monoisotopic (exact) mass is 330 g/mol. The van der Waals surface area contributed by atoms with Crippen molar-refractivity contribution >= 4 is 23.2 Å². The van der Waals surface area contributed by atoms with E-state index in [9.17, 15) is 9.59 Å². The van der Waals surface area contributed by atoms with Crippen LogP contribution in [0.25, 0.3) is 0 Å². The van der Waals surface area contributed by atoms with E-state index in [1.165, 1.54) is 10.4 Å². The average Bonchev–Trinajstić information content (AvgIpc) is 2.93. The number of hydrogen-bond acceptors (Lipinski definition) is 3. The van der Waals surface area contributed by atoms with Crippen molar-refractivity contribution in [2.24, 2.45) is 0 Å². The van der Waals surface area contributed by atoms with Crippen LogP contribution in [-0.4, -0.2) is 29.8 Å². The van der Waals surface area contributed by atoms with E-state index in [4.69, 9.17) is 0 Å². The molecule has 2 aromatic rings. The molecule has 0 saturated heterocycles. The van der Waals surface area contributed by atoms with E-state index < -0.39 is 0 Å². The molecule has 4 nitrogen and oxygen atoms in total. The van der Waals surface area contributed by atoms with Gasteiger partial charge in [0.15, 0.2) is 0 Å². The van der Waals surface area contributed by atoms with Gasteiger partial charge in [-0.15, -0.1) is 11.3 Å². The zero-order valence-electron chi connectivity index (χ0n) is 13.7. The lowest BCUT2D eigenvalue weighted by Crippen LogP contribution is -2.37. The Morgan fingerprint density at radius 2 is 1.91 bits per heavy atom. The molecular formula is C18H22N2O2S. The third kappa shape index (κ3) is 4.93. The van der Waals surface area contributed by atoms with E-state index in [1.54, 1.807) is 35.4 Å². The summed E-state index contributed by atoms with van der Waals surface area (Å²) < 4.78 is 0. The van der Waals surface area contributed by atoms with E-state index in [0.29, 0.717) is 18.5 Å². The van der Waals surface area contributed by atoms with Crippen molar-refractivity contribution in [3.63, 3.8) is 0 Å². The lowest BCUT2D eigenvalue weighted by Gasteiger charge is -2.20. The Balaban J connectivity index is 1.84. The fourth-order valence-electron chi connectivity index (χ4n) is 2.24. The maximum absolute atomic E-state index is 12.3. The molecule has 1 N–H and O–H groups in total. The van der Waals surface area contributed by atoms with Crippen LogP contribution in [0.15, 0.2) is 41.8 Å². The highest BCUT2D eigenvalue weighted by Crippen LogP contribution is 2.17. The Hall–Kier alpha value is -2.14. The zero-order valence-corrected chi connectivity index (χ0v) is 14.5. The highest BCUT2D eigenvalue weighted by Gasteiger charge is 2.17. The normalized spacial score (nSPS) is 11.8. The van der Waals surface area contributed by atoms with Crippen LogP contribution in [-0.2, 0) is 11.3 Å². The molecular weight excluding hydrogens is 308 g/mol. The molecule has 5 heteroatoms. The molecule has 0 fully saturated rings. The van der Waals surface area contributed by atoms with Crippen LogP contribution in [0, 0.1) is 6.92 Å². The number of rotatable bonds is 6. The molecule has 23 heavy (non-hydrogen) atoms. The summed E-state index contributed by atoms with van der Waals surface area (Å²) in [5, 5.41) is 4.90. The zero-order chi connectivity index (χ0) is 16.8. The molecule has 0 spiro atoms. The molecule has 1 atom stereocenters. The summed E-state index contributed by atoms with van der Waals surface area (Å²) in [6.45, 7) is 4.51. The molecule has 122 valence electrons. The molecule has 1 heterocycles.